The molecule has 0 saturated heterocycles. The predicted octanol–water partition coefficient (Wildman–Crippen LogP) is 11.2. The molecule has 0 amide bonds. The van der Waals surface area contributed by atoms with Gasteiger partial charge in [0.05, 0.1) is 11.0 Å². The number of fused-ring (bicyclic) bond motifs is 3. The second-order valence-corrected chi connectivity index (χ2v) is 10.4. The van der Waals surface area contributed by atoms with Crippen LogP contribution >= 0.6 is 0 Å². The van der Waals surface area contributed by atoms with Gasteiger partial charge in [0, 0.05) is 41.8 Å². The van der Waals surface area contributed by atoms with Crippen LogP contribution in [0.3, 0.4) is 0 Å². The lowest BCUT2D eigenvalue weighted by molar-refractivity contribution is 0.572. The average molecular weight is 613 g/mol. The molecular weight excluding hydrogens is 560 g/mol. The normalized spacial score (nSPS) is 11.2. The largest absolute Gasteiger partial charge is 0.384 e. The van der Waals surface area contributed by atoms with Gasteiger partial charge >= 0.3 is 0 Å². The SMILES string of the molecule is C/C=C/c1ccccc1.C/C=C\c1cccc2c1c1c(C)cccc1n2-c1ccc(C(N)=NC)cc1.C=C(C)N(C)/C=C\C.CC. The maximum absolute atomic E-state index is 5.95. The van der Waals surface area contributed by atoms with Crippen LogP contribution in [0.1, 0.15) is 63.8 Å². The van der Waals surface area contributed by atoms with Crippen LogP contribution in [0.2, 0.25) is 0 Å². The molecule has 4 aromatic carbocycles. The van der Waals surface area contributed by atoms with Crippen molar-refractivity contribution in [2.45, 2.75) is 48.5 Å². The van der Waals surface area contributed by atoms with Crippen molar-refractivity contribution in [2.75, 3.05) is 14.1 Å². The highest BCUT2D eigenvalue weighted by molar-refractivity contribution is 6.14. The number of aromatic nitrogens is 1. The number of hydrogen-bond donors (Lipinski definition) is 1. The first-order valence-electron chi connectivity index (χ1n) is 15.9. The molecule has 240 valence electrons. The fourth-order valence-corrected chi connectivity index (χ4v) is 4.92. The summed E-state index contributed by atoms with van der Waals surface area (Å²) in [6.07, 6.45) is 12.4. The average Bonchev–Trinajstić information content (AvgIpc) is 3.43. The van der Waals surface area contributed by atoms with Gasteiger partial charge in [-0.1, -0.05) is 105 Å². The van der Waals surface area contributed by atoms with Gasteiger partial charge in [-0.3, -0.25) is 4.99 Å². The van der Waals surface area contributed by atoms with Crippen molar-refractivity contribution < 1.29 is 0 Å². The van der Waals surface area contributed by atoms with E-state index in [0.717, 1.165) is 16.9 Å². The minimum atomic E-state index is 0.551. The quantitative estimate of drug-likeness (QED) is 0.153. The molecule has 1 heterocycles. The second kappa shape index (κ2) is 19.3. The lowest BCUT2D eigenvalue weighted by atomic mass is 10.0. The summed E-state index contributed by atoms with van der Waals surface area (Å²) in [5, 5.41) is 2.60. The van der Waals surface area contributed by atoms with Gasteiger partial charge in [-0.25, -0.2) is 0 Å². The van der Waals surface area contributed by atoms with Crippen LogP contribution in [0.15, 0.2) is 133 Å². The van der Waals surface area contributed by atoms with Crippen molar-refractivity contribution in [2.24, 2.45) is 10.7 Å². The molecule has 0 atom stereocenters. The Bertz CT molecular complexity index is 1780. The summed E-state index contributed by atoms with van der Waals surface area (Å²) < 4.78 is 2.33. The molecule has 0 bridgehead atoms. The van der Waals surface area contributed by atoms with Crippen molar-refractivity contribution >= 4 is 39.8 Å². The zero-order valence-electron chi connectivity index (χ0n) is 29.3. The maximum Gasteiger partial charge on any atom is 0.125 e. The Hall–Kier alpha value is -5.09. The molecule has 2 N–H and O–H groups in total. The smallest absolute Gasteiger partial charge is 0.125 e. The van der Waals surface area contributed by atoms with Gasteiger partial charge in [0.1, 0.15) is 5.84 Å². The van der Waals surface area contributed by atoms with Crippen LogP contribution in [-0.2, 0) is 0 Å². The van der Waals surface area contributed by atoms with Gasteiger partial charge in [-0.05, 0) is 93.9 Å². The molecule has 4 nitrogen and oxygen atoms in total. The zero-order chi connectivity index (χ0) is 34.1. The van der Waals surface area contributed by atoms with Gasteiger partial charge in [-0.15, -0.1) is 0 Å². The number of amidine groups is 1. The first-order chi connectivity index (χ1) is 22.3. The third kappa shape index (κ3) is 9.70. The summed E-state index contributed by atoms with van der Waals surface area (Å²) in [7, 11) is 3.68. The fraction of sp³-hybridized carbons (Fsp3) is 0.214. The lowest BCUT2D eigenvalue weighted by Crippen LogP contribution is -2.12. The number of benzene rings is 4. The van der Waals surface area contributed by atoms with E-state index in [1.807, 2.05) is 95.3 Å². The van der Waals surface area contributed by atoms with E-state index in [2.05, 4.69) is 109 Å². The number of nitrogens with zero attached hydrogens (tertiary/aromatic N) is 3. The molecule has 0 radical (unpaired) electrons. The third-order valence-electron chi connectivity index (χ3n) is 7.20. The first-order valence-corrected chi connectivity index (χ1v) is 15.9. The Morgan fingerprint density at radius 1 is 0.761 bits per heavy atom. The Balaban J connectivity index is 0.000000318. The zero-order valence-corrected chi connectivity index (χ0v) is 29.3. The van der Waals surface area contributed by atoms with Crippen LogP contribution in [0.5, 0.6) is 0 Å². The van der Waals surface area contributed by atoms with Crippen molar-refractivity contribution in [3.63, 3.8) is 0 Å². The molecular formula is C42H52N4. The summed E-state index contributed by atoms with van der Waals surface area (Å²) in [4.78, 5) is 6.05. The molecule has 0 fully saturated rings. The van der Waals surface area contributed by atoms with E-state index in [1.54, 1.807) is 7.05 Å². The minimum absolute atomic E-state index is 0.551. The molecule has 46 heavy (non-hydrogen) atoms. The Kier molecular flexibility index (Phi) is 15.6. The molecule has 0 spiro atoms. The van der Waals surface area contributed by atoms with Crippen LogP contribution in [0.25, 0.3) is 39.6 Å². The number of aliphatic imine (C=N–C) groups is 1. The second-order valence-electron chi connectivity index (χ2n) is 10.4. The van der Waals surface area contributed by atoms with Crippen LogP contribution in [-0.4, -0.2) is 29.4 Å². The highest BCUT2D eigenvalue weighted by Gasteiger charge is 2.15. The fourth-order valence-electron chi connectivity index (χ4n) is 4.92. The van der Waals surface area contributed by atoms with Gasteiger partial charge in [0.2, 0.25) is 0 Å². The van der Waals surface area contributed by atoms with E-state index in [4.69, 9.17) is 5.73 Å². The summed E-state index contributed by atoms with van der Waals surface area (Å²) in [5.74, 6) is 0.551. The molecule has 5 rings (SSSR count). The van der Waals surface area contributed by atoms with E-state index >= 15 is 0 Å². The summed E-state index contributed by atoms with van der Waals surface area (Å²) >= 11 is 0. The van der Waals surface area contributed by atoms with E-state index in [9.17, 15) is 0 Å². The molecule has 4 heteroatoms. The van der Waals surface area contributed by atoms with E-state index in [1.165, 1.54) is 38.5 Å². The Morgan fingerprint density at radius 2 is 1.35 bits per heavy atom. The Morgan fingerprint density at radius 3 is 1.87 bits per heavy atom. The van der Waals surface area contributed by atoms with Gasteiger partial charge < -0.3 is 15.2 Å². The number of hydrogen-bond acceptors (Lipinski definition) is 2. The van der Waals surface area contributed by atoms with Crippen molar-refractivity contribution in [1.82, 2.24) is 9.47 Å². The van der Waals surface area contributed by atoms with Crippen LogP contribution < -0.4 is 5.73 Å². The number of nitrogens with two attached hydrogens (primary N) is 1. The van der Waals surface area contributed by atoms with E-state index in [-0.39, 0.29) is 0 Å². The Labute approximate surface area is 277 Å². The summed E-state index contributed by atoms with van der Waals surface area (Å²) in [6, 6.07) is 31.5. The number of rotatable bonds is 6. The van der Waals surface area contributed by atoms with Gasteiger partial charge in [-0.2, -0.15) is 0 Å². The van der Waals surface area contributed by atoms with E-state index < -0.39 is 0 Å². The lowest BCUT2D eigenvalue weighted by Gasteiger charge is -2.11. The standard InChI is InChI=1S/C24H23N3.C9H10.C7H13N.C2H6/c1-4-7-17-9-6-11-21-23(17)22-16(2)8-5-10-20(22)27(21)19-14-12-18(13-15-19)24(25)26-3;1-2-6-9-7-4-3-5-8-9;1-5-6-8(4)7(2)3;1-2/h4-15H,1-3H3,(H2,25,26);2-8H,1H3;5-6H,2H2,1,3-4H3;1-2H3/b7-4-;6-2+;6-5-;. The molecule has 0 aliphatic rings. The van der Waals surface area contributed by atoms with Crippen molar-refractivity contribution in [3.05, 3.63) is 150 Å². The maximum atomic E-state index is 5.95. The number of allylic oxidation sites excluding steroid dienone is 4. The number of aryl methyl sites for hydroxylation is 1. The molecule has 0 aliphatic carbocycles. The molecule has 0 saturated carbocycles. The summed E-state index contributed by atoms with van der Waals surface area (Å²) in [5.41, 5.74) is 15.3. The van der Waals surface area contributed by atoms with Crippen molar-refractivity contribution in [3.8, 4) is 5.69 Å². The van der Waals surface area contributed by atoms with E-state index in [0.29, 0.717) is 5.84 Å². The molecule has 0 aliphatic heterocycles. The van der Waals surface area contributed by atoms with Gasteiger partial charge in [0.15, 0.2) is 0 Å². The molecule has 5 aromatic rings. The molecule has 0 unspecified atom stereocenters. The first kappa shape index (κ1) is 37.1. The third-order valence-corrected chi connectivity index (χ3v) is 7.20. The van der Waals surface area contributed by atoms with Crippen LogP contribution in [0.4, 0.5) is 0 Å². The minimum Gasteiger partial charge on any atom is -0.384 e. The summed E-state index contributed by atoms with van der Waals surface area (Å²) in [6.45, 7) is 18.0. The molecule has 1 aromatic heterocycles. The van der Waals surface area contributed by atoms with Crippen LogP contribution in [0, 0.1) is 6.92 Å². The topological polar surface area (TPSA) is 46.6 Å². The highest BCUT2D eigenvalue weighted by Crippen LogP contribution is 2.36. The highest BCUT2D eigenvalue weighted by atomic mass is 15.1. The van der Waals surface area contributed by atoms with Crippen molar-refractivity contribution in [1.29, 1.82) is 0 Å². The monoisotopic (exact) mass is 612 g/mol. The van der Waals surface area contributed by atoms with Gasteiger partial charge in [0.25, 0.3) is 0 Å². The predicted molar refractivity (Wildman–Crippen MR) is 207 cm³/mol.